The van der Waals surface area contributed by atoms with Gasteiger partial charge in [-0.15, -0.1) is 11.3 Å². The van der Waals surface area contributed by atoms with Crippen molar-refractivity contribution in [3.63, 3.8) is 0 Å². The van der Waals surface area contributed by atoms with Gasteiger partial charge in [-0.1, -0.05) is 17.7 Å². The van der Waals surface area contributed by atoms with E-state index >= 15 is 0 Å². The molecule has 1 amide bonds. The van der Waals surface area contributed by atoms with Gasteiger partial charge in [0.2, 0.25) is 0 Å². The Morgan fingerprint density at radius 3 is 2.68 bits per heavy atom. The Bertz CT molecular complexity index is 710. The SMILES string of the molecule is C/C(=N/NC(=O)COc1ccc(C)c(C)c1)c1ccc(Cl)s1. The number of hydrogen-bond donors (Lipinski definition) is 1. The van der Waals surface area contributed by atoms with E-state index in [2.05, 4.69) is 10.5 Å². The molecule has 0 spiro atoms. The number of nitrogens with zero attached hydrogens (tertiary/aromatic N) is 1. The molecule has 4 nitrogen and oxygen atoms in total. The first-order chi connectivity index (χ1) is 10.5. The summed E-state index contributed by atoms with van der Waals surface area (Å²) in [5.74, 6) is 0.365. The van der Waals surface area contributed by atoms with Crippen molar-refractivity contribution in [1.29, 1.82) is 0 Å². The monoisotopic (exact) mass is 336 g/mol. The lowest BCUT2D eigenvalue weighted by Crippen LogP contribution is -2.25. The van der Waals surface area contributed by atoms with E-state index < -0.39 is 0 Å². The minimum atomic E-state index is -0.305. The number of ether oxygens (including phenoxy) is 1. The van der Waals surface area contributed by atoms with Crippen LogP contribution in [0, 0.1) is 13.8 Å². The van der Waals surface area contributed by atoms with Crippen LogP contribution in [0.3, 0.4) is 0 Å². The summed E-state index contributed by atoms with van der Waals surface area (Å²) in [7, 11) is 0. The third-order valence-corrected chi connectivity index (χ3v) is 4.47. The van der Waals surface area contributed by atoms with Crippen LogP contribution in [0.5, 0.6) is 5.75 Å². The number of nitrogens with one attached hydrogen (secondary N) is 1. The van der Waals surface area contributed by atoms with Crippen LogP contribution in [0.1, 0.15) is 22.9 Å². The van der Waals surface area contributed by atoms with Crippen LogP contribution >= 0.6 is 22.9 Å². The van der Waals surface area contributed by atoms with E-state index in [1.807, 2.05) is 45.0 Å². The molecule has 22 heavy (non-hydrogen) atoms. The number of hydrazone groups is 1. The molecule has 0 saturated carbocycles. The van der Waals surface area contributed by atoms with Crippen LogP contribution in [0.25, 0.3) is 0 Å². The van der Waals surface area contributed by atoms with Gasteiger partial charge < -0.3 is 4.74 Å². The predicted octanol–water partition coefficient (Wildman–Crippen LogP) is 3.94. The van der Waals surface area contributed by atoms with Gasteiger partial charge in [0, 0.05) is 0 Å². The number of thiophene rings is 1. The summed E-state index contributed by atoms with van der Waals surface area (Å²) >= 11 is 7.28. The van der Waals surface area contributed by atoms with Crippen molar-refractivity contribution in [1.82, 2.24) is 5.43 Å². The molecule has 116 valence electrons. The number of benzene rings is 1. The Balaban J connectivity index is 1.86. The quantitative estimate of drug-likeness (QED) is 0.664. The maximum Gasteiger partial charge on any atom is 0.277 e. The van der Waals surface area contributed by atoms with Gasteiger partial charge in [0.05, 0.1) is 14.9 Å². The third-order valence-electron chi connectivity index (χ3n) is 3.13. The molecule has 0 saturated heterocycles. The van der Waals surface area contributed by atoms with E-state index in [4.69, 9.17) is 16.3 Å². The molecule has 1 N–H and O–H groups in total. The number of aryl methyl sites for hydroxylation is 2. The van der Waals surface area contributed by atoms with Crippen molar-refractivity contribution < 1.29 is 9.53 Å². The predicted molar refractivity (Wildman–Crippen MR) is 91.1 cm³/mol. The molecular weight excluding hydrogens is 320 g/mol. The van der Waals surface area contributed by atoms with E-state index in [0.29, 0.717) is 15.8 Å². The second kappa shape index (κ2) is 7.42. The molecule has 0 unspecified atom stereocenters. The molecule has 2 aromatic rings. The second-order valence-electron chi connectivity index (χ2n) is 4.87. The highest BCUT2D eigenvalue weighted by Gasteiger charge is 2.05. The van der Waals surface area contributed by atoms with Crippen LogP contribution in [-0.4, -0.2) is 18.2 Å². The van der Waals surface area contributed by atoms with Gasteiger partial charge in [0.25, 0.3) is 5.91 Å². The summed E-state index contributed by atoms with van der Waals surface area (Å²) < 4.78 is 6.13. The molecule has 0 fully saturated rings. The zero-order valence-corrected chi connectivity index (χ0v) is 14.2. The normalized spacial score (nSPS) is 11.4. The third kappa shape index (κ3) is 4.58. The van der Waals surface area contributed by atoms with E-state index in [-0.39, 0.29) is 12.5 Å². The van der Waals surface area contributed by atoms with E-state index in [1.54, 1.807) is 6.07 Å². The van der Waals surface area contributed by atoms with Gasteiger partial charge in [-0.3, -0.25) is 4.79 Å². The molecule has 1 aromatic heterocycles. The Labute approximate surface area is 138 Å². The van der Waals surface area contributed by atoms with Crippen molar-refractivity contribution in [2.24, 2.45) is 5.10 Å². The molecule has 0 aliphatic heterocycles. The van der Waals surface area contributed by atoms with Crippen LogP contribution < -0.4 is 10.2 Å². The van der Waals surface area contributed by atoms with Gasteiger partial charge >= 0.3 is 0 Å². The largest absolute Gasteiger partial charge is 0.484 e. The molecule has 0 aliphatic rings. The van der Waals surface area contributed by atoms with Crippen LogP contribution in [0.2, 0.25) is 4.34 Å². The van der Waals surface area contributed by atoms with Gasteiger partial charge in [-0.05, 0) is 56.2 Å². The maximum atomic E-state index is 11.7. The lowest BCUT2D eigenvalue weighted by atomic mass is 10.1. The molecule has 0 radical (unpaired) electrons. The van der Waals surface area contributed by atoms with Gasteiger partial charge in [0.1, 0.15) is 5.75 Å². The molecule has 1 aromatic carbocycles. The summed E-state index contributed by atoms with van der Waals surface area (Å²) in [6.07, 6.45) is 0. The smallest absolute Gasteiger partial charge is 0.277 e. The van der Waals surface area contributed by atoms with Crippen molar-refractivity contribution >= 4 is 34.6 Å². The minimum absolute atomic E-state index is 0.0789. The van der Waals surface area contributed by atoms with E-state index in [1.165, 1.54) is 16.9 Å². The summed E-state index contributed by atoms with van der Waals surface area (Å²) in [5.41, 5.74) is 5.49. The molecule has 2 rings (SSSR count). The molecule has 0 atom stereocenters. The van der Waals surface area contributed by atoms with Gasteiger partial charge in [-0.2, -0.15) is 5.10 Å². The lowest BCUT2D eigenvalue weighted by Gasteiger charge is -2.07. The fourth-order valence-corrected chi connectivity index (χ4v) is 2.68. The summed E-state index contributed by atoms with van der Waals surface area (Å²) in [5, 5.41) is 4.04. The van der Waals surface area contributed by atoms with Gasteiger partial charge in [-0.25, -0.2) is 5.43 Å². The highest BCUT2D eigenvalue weighted by atomic mass is 35.5. The average molecular weight is 337 g/mol. The number of amides is 1. The molecule has 6 heteroatoms. The van der Waals surface area contributed by atoms with E-state index in [9.17, 15) is 4.79 Å². The fraction of sp³-hybridized carbons (Fsp3) is 0.250. The first-order valence-electron chi connectivity index (χ1n) is 6.74. The molecule has 0 bridgehead atoms. The number of rotatable bonds is 5. The number of carbonyl (C=O) groups excluding carboxylic acids is 1. The highest BCUT2D eigenvalue weighted by molar-refractivity contribution is 7.18. The van der Waals surface area contributed by atoms with Crippen molar-refractivity contribution in [3.05, 3.63) is 50.7 Å². The van der Waals surface area contributed by atoms with Crippen LogP contribution in [0.15, 0.2) is 35.4 Å². The highest BCUT2D eigenvalue weighted by Crippen LogP contribution is 2.21. The van der Waals surface area contributed by atoms with Crippen molar-refractivity contribution in [2.45, 2.75) is 20.8 Å². The number of hydrogen-bond acceptors (Lipinski definition) is 4. The minimum Gasteiger partial charge on any atom is -0.484 e. The zero-order valence-electron chi connectivity index (χ0n) is 12.6. The van der Waals surface area contributed by atoms with E-state index in [0.717, 1.165) is 10.4 Å². The first-order valence-corrected chi connectivity index (χ1v) is 7.94. The summed E-state index contributed by atoms with van der Waals surface area (Å²) in [4.78, 5) is 12.7. The molecule has 0 aliphatic carbocycles. The Morgan fingerprint density at radius 1 is 1.27 bits per heavy atom. The summed E-state index contributed by atoms with van der Waals surface area (Å²) in [6, 6.07) is 9.38. The fourth-order valence-electron chi connectivity index (χ4n) is 1.69. The Kier molecular flexibility index (Phi) is 5.57. The Morgan fingerprint density at radius 2 is 2.05 bits per heavy atom. The van der Waals surface area contributed by atoms with Gasteiger partial charge in [0.15, 0.2) is 6.61 Å². The standard InChI is InChI=1S/C16H17ClN2O2S/c1-10-4-5-13(8-11(10)2)21-9-16(20)19-18-12(3)14-6-7-15(17)22-14/h4-8H,9H2,1-3H3,(H,19,20)/b18-12-. The molecular formula is C16H17ClN2O2S. The Hall–Kier alpha value is -1.85. The molecule has 1 heterocycles. The lowest BCUT2D eigenvalue weighted by molar-refractivity contribution is -0.123. The zero-order chi connectivity index (χ0) is 16.1. The maximum absolute atomic E-state index is 11.7. The number of carbonyl (C=O) groups is 1. The average Bonchev–Trinajstić information content (AvgIpc) is 2.92. The first kappa shape index (κ1) is 16.5. The number of halogens is 1. The van der Waals surface area contributed by atoms with Crippen LogP contribution in [-0.2, 0) is 4.79 Å². The summed E-state index contributed by atoms with van der Waals surface area (Å²) in [6.45, 7) is 5.76. The van der Waals surface area contributed by atoms with Crippen molar-refractivity contribution in [2.75, 3.05) is 6.61 Å². The topological polar surface area (TPSA) is 50.7 Å². The van der Waals surface area contributed by atoms with Crippen molar-refractivity contribution in [3.8, 4) is 5.75 Å². The second-order valence-corrected chi connectivity index (χ2v) is 6.59. The van der Waals surface area contributed by atoms with Crippen LogP contribution in [0.4, 0.5) is 0 Å².